The van der Waals surface area contributed by atoms with E-state index in [0.29, 0.717) is 30.4 Å². The van der Waals surface area contributed by atoms with Crippen LogP contribution in [0.25, 0.3) is 0 Å². The minimum atomic E-state index is -0.523. The highest BCUT2D eigenvalue weighted by atomic mass is 16.7. The van der Waals surface area contributed by atoms with Crippen LogP contribution < -0.4 is 5.32 Å². The third kappa shape index (κ3) is 4.53. The Labute approximate surface area is 134 Å². The van der Waals surface area contributed by atoms with Crippen molar-refractivity contribution in [1.29, 1.82) is 0 Å². The lowest BCUT2D eigenvalue weighted by Crippen LogP contribution is -2.36. The molecule has 0 bridgehead atoms. The summed E-state index contributed by atoms with van der Waals surface area (Å²) in [6, 6.07) is 0. The predicted octanol–water partition coefficient (Wildman–Crippen LogP) is 0.857. The van der Waals surface area contributed by atoms with Crippen LogP contribution in [0.2, 0.25) is 0 Å². The molecular weight excluding hydrogens is 300 g/mol. The standard InChI is InChI=1S/C16H20N2O5/c1-2-3-13(19)17-10-11-4-6-12(7-5-11)16(22)23-18-14(20)8-9-15(18)21/h3,11-12H,1,4-10H2,(H,17,19). The molecule has 0 spiro atoms. The predicted molar refractivity (Wildman–Crippen MR) is 79.3 cm³/mol. The molecule has 3 amide bonds. The molecule has 2 aliphatic rings. The lowest BCUT2D eigenvalue weighted by molar-refractivity contribution is -0.201. The average molecular weight is 320 g/mol. The second kappa shape index (κ2) is 7.74. The summed E-state index contributed by atoms with van der Waals surface area (Å²) in [5.74, 6) is -1.68. The molecule has 0 aromatic heterocycles. The zero-order valence-electron chi connectivity index (χ0n) is 12.9. The van der Waals surface area contributed by atoms with Gasteiger partial charge in [-0.2, -0.15) is 0 Å². The Kier molecular flexibility index (Phi) is 5.71. The molecule has 0 aromatic rings. The van der Waals surface area contributed by atoms with Crippen LogP contribution in [0.15, 0.2) is 18.4 Å². The maximum Gasteiger partial charge on any atom is 0.336 e. The van der Waals surface area contributed by atoms with E-state index in [1.807, 2.05) is 0 Å². The number of nitrogens with one attached hydrogen (secondary N) is 1. The molecule has 7 heteroatoms. The Bertz CT molecular complexity index is 541. The molecule has 1 saturated heterocycles. The van der Waals surface area contributed by atoms with Crippen molar-refractivity contribution in [3.63, 3.8) is 0 Å². The van der Waals surface area contributed by atoms with Gasteiger partial charge in [0.1, 0.15) is 0 Å². The maximum atomic E-state index is 12.0. The van der Waals surface area contributed by atoms with Crippen LogP contribution in [0.1, 0.15) is 38.5 Å². The molecule has 1 heterocycles. The number of hydrogen-bond donors (Lipinski definition) is 1. The molecule has 0 aromatic carbocycles. The Balaban J connectivity index is 1.74. The third-order valence-corrected chi connectivity index (χ3v) is 4.17. The molecule has 1 aliphatic carbocycles. The fourth-order valence-electron chi connectivity index (χ4n) is 2.81. The fraction of sp³-hybridized carbons (Fsp3) is 0.562. The Morgan fingerprint density at radius 2 is 1.83 bits per heavy atom. The van der Waals surface area contributed by atoms with E-state index >= 15 is 0 Å². The number of hydrogen-bond acceptors (Lipinski definition) is 5. The van der Waals surface area contributed by atoms with Crippen LogP contribution in [0.3, 0.4) is 0 Å². The normalized spacial score (nSPS) is 24.1. The van der Waals surface area contributed by atoms with E-state index in [9.17, 15) is 19.2 Å². The van der Waals surface area contributed by atoms with Crippen LogP contribution in [0.4, 0.5) is 0 Å². The minimum Gasteiger partial charge on any atom is -0.352 e. The Hall–Kier alpha value is -2.40. The van der Waals surface area contributed by atoms with Crippen LogP contribution in [-0.4, -0.2) is 35.3 Å². The van der Waals surface area contributed by atoms with Gasteiger partial charge in [-0.15, -0.1) is 10.8 Å². The number of carbonyl (C=O) groups is 4. The first kappa shape index (κ1) is 17.0. The van der Waals surface area contributed by atoms with E-state index in [-0.39, 0.29) is 24.7 Å². The molecular formula is C16H20N2O5. The average Bonchev–Trinajstić information content (AvgIpc) is 2.85. The van der Waals surface area contributed by atoms with Crippen LogP contribution >= 0.6 is 0 Å². The summed E-state index contributed by atoms with van der Waals surface area (Å²) in [4.78, 5) is 51.2. The van der Waals surface area contributed by atoms with Gasteiger partial charge in [0.15, 0.2) is 0 Å². The highest BCUT2D eigenvalue weighted by Gasteiger charge is 2.36. The molecule has 1 N–H and O–H groups in total. The maximum absolute atomic E-state index is 12.0. The van der Waals surface area contributed by atoms with Crippen molar-refractivity contribution in [1.82, 2.24) is 10.4 Å². The Morgan fingerprint density at radius 3 is 2.39 bits per heavy atom. The number of amides is 3. The summed E-state index contributed by atoms with van der Waals surface area (Å²) in [5.41, 5.74) is 2.41. The highest BCUT2D eigenvalue weighted by Crippen LogP contribution is 2.30. The van der Waals surface area contributed by atoms with Crippen molar-refractivity contribution in [2.24, 2.45) is 11.8 Å². The summed E-state index contributed by atoms with van der Waals surface area (Å²) < 4.78 is 0. The summed E-state index contributed by atoms with van der Waals surface area (Å²) in [7, 11) is 0. The number of imide groups is 1. The molecule has 0 unspecified atom stereocenters. The van der Waals surface area contributed by atoms with Crippen LogP contribution in [-0.2, 0) is 24.0 Å². The lowest BCUT2D eigenvalue weighted by atomic mass is 9.82. The molecule has 1 saturated carbocycles. The van der Waals surface area contributed by atoms with Crippen LogP contribution in [0.5, 0.6) is 0 Å². The van der Waals surface area contributed by atoms with Crippen LogP contribution in [0, 0.1) is 11.8 Å². The fourth-order valence-corrected chi connectivity index (χ4v) is 2.81. The Morgan fingerprint density at radius 1 is 1.22 bits per heavy atom. The van der Waals surface area contributed by atoms with E-state index in [1.165, 1.54) is 6.08 Å². The first-order valence-corrected chi connectivity index (χ1v) is 7.72. The van der Waals surface area contributed by atoms with E-state index in [4.69, 9.17) is 4.84 Å². The van der Waals surface area contributed by atoms with Gasteiger partial charge in [0.25, 0.3) is 17.7 Å². The van der Waals surface area contributed by atoms with E-state index in [2.05, 4.69) is 17.6 Å². The van der Waals surface area contributed by atoms with Crippen molar-refractivity contribution < 1.29 is 24.0 Å². The second-order valence-corrected chi connectivity index (χ2v) is 5.80. The number of hydroxylamine groups is 2. The molecule has 23 heavy (non-hydrogen) atoms. The second-order valence-electron chi connectivity index (χ2n) is 5.80. The first-order chi connectivity index (χ1) is 11.0. The lowest BCUT2D eigenvalue weighted by Gasteiger charge is -2.27. The summed E-state index contributed by atoms with van der Waals surface area (Å²) in [6.45, 7) is 3.88. The van der Waals surface area contributed by atoms with Crippen molar-refractivity contribution in [2.45, 2.75) is 38.5 Å². The van der Waals surface area contributed by atoms with Crippen molar-refractivity contribution >= 4 is 23.7 Å². The van der Waals surface area contributed by atoms with Gasteiger partial charge in [-0.1, -0.05) is 6.58 Å². The van der Waals surface area contributed by atoms with Crippen molar-refractivity contribution in [2.75, 3.05) is 6.54 Å². The van der Waals surface area contributed by atoms with Gasteiger partial charge in [0.2, 0.25) is 0 Å². The van der Waals surface area contributed by atoms with E-state index < -0.39 is 17.8 Å². The third-order valence-electron chi connectivity index (χ3n) is 4.17. The number of carbonyl (C=O) groups excluding carboxylic acids is 4. The first-order valence-electron chi connectivity index (χ1n) is 7.72. The molecule has 124 valence electrons. The molecule has 0 radical (unpaired) electrons. The monoisotopic (exact) mass is 320 g/mol. The van der Waals surface area contributed by atoms with Gasteiger partial charge in [0, 0.05) is 25.5 Å². The zero-order chi connectivity index (χ0) is 16.8. The number of nitrogens with zero attached hydrogens (tertiary/aromatic N) is 1. The summed E-state index contributed by atoms with van der Waals surface area (Å²) in [6.07, 6.45) is 4.22. The van der Waals surface area contributed by atoms with Gasteiger partial charge >= 0.3 is 5.97 Å². The quantitative estimate of drug-likeness (QED) is 0.461. The molecule has 2 fully saturated rings. The van der Waals surface area contributed by atoms with Gasteiger partial charge in [-0.25, -0.2) is 4.79 Å². The molecule has 1 aliphatic heterocycles. The SMILES string of the molecule is C=C=CC(=O)NCC1CCC(C(=O)ON2C(=O)CCC2=O)CC1. The minimum absolute atomic E-state index is 0.0949. The molecule has 0 atom stereocenters. The smallest absolute Gasteiger partial charge is 0.336 e. The van der Waals surface area contributed by atoms with E-state index in [0.717, 1.165) is 12.8 Å². The molecule has 7 nitrogen and oxygen atoms in total. The van der Waals surface area contributed by atoms with Gasteiger partial charge in [-0.05, 0) is 31.6 Å². The number of rotatable bonds is 5. The molecule has 2 rings (SSSR count). The topological polar surface area (TPSA) is 92.8 Å². The van der Waals surface area contributed by atoms with Crippen molar-refractivity contribution in [3.8, 4) is 0 Å². The van der Waals surface area contributed by atoms with E-state index in [1.54, 1.807) is 0 Å². The summed E-state index contributed by atoms with van der Waals surface area (Å²) >= 11 is 0. The largest absolute Gasteiger partial charge is 0.352 e. The highest BCUT2D eigenvalue weighted by molar-refractivity contribution is 6.01. The zero-order valence-corrected chi connectivity index (χ0v) is 12.9. The summed E-state index contributed by atoms with van der Waals surface area (Å²) in [5, 5.41) is 3.35. The van der Waals surface area contributed by atoms with Crippen molar-refractivity contribution in [3.05, 3.63) is 18.4 Å². The van der Waals surface area contributed by atoms with Gasteiger partial charge < -0.3 is 10.2 Å². The van der Waals surface area contributed by atoms with Gasteiger partial charge in [0.05, 0.1) is 5.92 Å². The van der Waals surface area contributed by atoms with Gasteiger partial charge in [-0.3, -0.25) is 14.4 Å².